The molecule has 1 N–H and O–H groups in total. The van der Waals surface area contributed by atoms with Gasteiger partial charge in [-0.1, -0.05) is 36.4 Å². The average molecular weight is 370 g/mol. The SMILES string of the molecule is O=S(=O)(c1cccc2cccnc12)N1Cc2ccccc2OC[C@H]1CO. The molecule has 0 bridgehead atoms. The molecule has 26 heavy (non-hydrogen) atoms. The zero-order valence-electron chi connectivity index (χ0n) is 13.9. The first-order chi connectivity index (χ1) is 12.6. The van der Waals surface area contributed by atoms with E-state index >= 15 is 0 Å². The second-order valence-corrected chi connectivity index (χ2v) is 8.00. The van der Waals surface area contributed by atoms with E-state index in [1.807, 2.05) is 30.3 Å². The Balaban J connectivity index is 1.85. The lowest BCUT2D eigenvalue weighted by Gasteiger charge is -2.27. The fourth-order valence-corrected chi connectivity index (χ4v) is 4.92. The van der Waals surface area contributed by atoms with E-state index in [9.17, 15) is 13.5 Å². The highest BCUT2D eigenvalue weighted by Crippen LogP contribution is 2.31. The molecule has 2 aromatic carbocycles. The highest BCUT2D eigenvalue weighted by Gasteiger charge is 2.35. The molecule has 6 nitrogen and oxygen atoms in total. The lowest BCUT2D eigenvalue weighted by atomic mass is 10.2. The molecule has 3 aromatic rings. The van der Waals surface area contributed by atoms with Crippen LogP contribution in [0.2, 0.25) is 0 Å². The summed E-state index contributed by atoms with van der Waals surface area (Å²) in [6, 6.07) is 15.3. The molecule has 0 radical (unpaired) electrons. The van der Waals surface area contributed by atoms with Gasteiger partial charge in [-0.2, -0.15) is 4.31 Å². The van der Waals surface area contributed by atoms with Crippen molar-refractivity contribution in [2.24, 2.45) is 0 Å². The second kappa shape index (κ2) is 6.68. The van der Waals surface area contributed by atoms with Crippen LogP contribution in [0.1, 0.15) is 5.56 Å². The maximum absolute atomic E-state index is 13.5. The number of hydrogen-bond acceptors (Lipinski definition) is 5. The van der Waals surface area contributed by atoms with E-state index < -0.39 is 16.1 Å². The summed E-state index contributed by atoms with van der Waals surface area (Å²) < 4.78 is 33.9. The van der Waals surface area contributed by atoms with E-state index in [-0.39, 0.29) is 24.7 Å². The predicted octanol–water partition coefficient (Wildman–Crippen LogP) is 2.18. The van der Waals surface area contributed by atoms with Crippen LogP contribution in [0.5, 0.6) is 5.75 Å². The number of fused-ring (bicyclic) bond motifs is 2. The normalized spacial score (nSPS) is 18.1. The Kier molecular flexibility index (Phi) is 4.36. The van der Waals surface area contributed by atoms with Gasteiger partial charge >= 0.3 is 0 Å². The fraction of sp³-hybridized carbons (Fsp3) is 0.211. The van der Waals surface area contributed by atoms with Gasteiger partial charge in [0.05, 0.1) is 18.2 Å². The van der Waals surface area contributed by atoms with E-state index in [0.29, 0.717) is 11.3 Å². The Labute approximate surface area is 151 Å². The smallest absolute Gasteiger partial charge is 0.246 e. The van der Waals surface area contributed by atoms with Crippen LogP contribution >= 0.6 is 0 Å². The maximum atomic E-state index is 13.5. The topological polar surface area (TPSA) is 79.7 Å². The number of sulfonamides is 1. The van der Waals surface area contributed by atoms with Crippen molar-refractivity contribution in [2.75, 3.05) is 13.2 Å². The minimum atomic E-state index is -3.89. The number of rotatable bonds is 3. The molecule has 0 unspecified atom stereocenters. The van der Waals surface area contributed by atoms with Gasteiger partial charge in [-0.15, -0.1) is 0 Å². The summed E-state index contributed by atoms with van der Waals surface area (Å²) in [5, 5.41) is 10.5. The predicted molar refractivity (Wildman–Crippen MR) is 97.3 cm³/mol. The summed E-state index contributed by atoms with van der Waals surface area (Å²) in [7, 11) is -3.89. The van der Waals surface area contributed by atoms with Crippen molar-refractivity contribution in [3.8, 4) is 5.75 Å². The van der Waals surface area contributed by atoms with Gasteiger partial charge in [-0.3, -0.25) is 4.98 Å². The number of para-hydroxylation sites is 2. The van der Waals surface area contributed by atoms with Crippen molar-refractivity contribution in [3.63, 3.8) is 0 Å². The lowest BCUT2D eigenvalue weighted by Crippen LogP contribution is -2.44. The van der Waals surface area contributed by atoms with Crippen LogP contribution in [0.25, 0.3) is 10.9 Å². The Morgan fingerprint density at radius 3 is 2.77 bits per heavy atom. The van der Waals surface area contributed by atoms with Crippen LogP contribution in [-0.2, 0) is 16.6 Å². The van der Waals surface area contributed by atoms with Gasteiger partial charge in [0.15, 0.2) is 0 Å². The largest absolute Gasteiger partial charge is 0.491 e. The lowest BCUT2D eigenvalue weighted by molar-refractivity contribution is 0.142. The molecular weight excluding hydrogens is 352 g/mol. The van der Waals surface area contributed by atoms with E-state index in [1.165, 1.54) is 4.31 Å². The molecule has 1 aliphatic heterocycles. The molecule has 4 rings (SSSR count). The maximum Gasteiger partial charge on any atom is 0.246 e. The molecule has 0 saturated heterocycles. The monoisotopic (exact) mass is 370 g/mol. The first kappa shape index (κ1) is 17.0. The third-order valence-electron chi connectivity index (χ3n) is 4.53. The molecule has 1 aliphatic rings. The van der Waals surface area contributed by atoms with Crippen LogP contribution in [0.4, 0.5) is 0 Å². The molecule has 0 aliphatic carbocycles. The van der Waals surface area contributed by atoms with Crippen LogP contribution in [0.3, 0.4) is 0 Å². The quantitative estimate of drug-likeness (QED) is 0.764. The van der Waals surface area contributed by atoms with E-state index in [4.69, 9.17) is 4.74 Å². The number of ether oxygens (including phenoxy) is 1. The van der Waals surface area contributed by atoms with Gasteiger partial charge in [-0.05, 0) is 18.2 Å². The molecule has 2 heterocycles. The number of nitrogens with zero attached hydrogens (tertiary/aromatic N) is 2. The Bertz CT molecular complexity index is 1050. The third-order valence-corrected chi connectivity index (χ3v) is 6.46. The van der Waals surface area contributed by atoms with Crippen LogP contribution in [0, 0.1) is 0 Å². The molecule has 0 spiro atoms. The van der Waals surface area contributed by atoms with Gasteiger partial charge < -0.3 is 9.84 Å². The van der Waals surface area contributed by atoms with E-state index in [2.05, 4.69) is 4.98 Å². The first-order valence-electron chi connectivity index (χ1n) is 8.28. The minimum absolute atomic E-state index is 0.0882. The van der Waals surface area contributed by atoms with E-state index in [1.54, 1.807) is 30.5 Å². The second-order valence-electron chi connectivity index (χ2n) is 6.14. The molecule has 0 amide bonds. The number of benzene rings is 2. The van der Waals surface area contributed by atoms with Crippen molar-refractivity contribution in [1.82, 2.24) is 9.29 Å². The molecule has 7 heteroatoms. The first-order valence-corrected chi connectivity index (χ1v) is 9.72. The Hall–Kier alpha value is -2.48. The van der Waals surface area contributed by atoms with Crippen LogP contribution in [-0.4, -0.2) is 42.1 Å². The van der Waals surface area contributed by atoms with Crippen LogP contribution in [0.15, 0.2) is 65.7 Å². The zero-order chi connectivity index (χ0) is 18.1. The van der Waals surface area contributed by atoms with Crippen molar-refractivity contribution in [2.45, 2.75) is 17.5 Å². The summed E-state index contributed by atoms with van der Waals surface area (Å²) in [6.07, 6.45) is 1.58. The van der Waals surface area contributed by atoms with Gasteiger partial charge in [-0.25, -0.2) is 8.42 Å². The summed E-state index contributed by atoms with van der Waals surface area (Å²) >= 11 is 0. The molecule has 0 saturated carbocycles. The molecule has 134 valence electrons. The van der Waals surface area contributed by atoms with Gasteiger partial charge in [0, 0.05) is 23.7 Å². The molecule has 0 fully saturated rings. The Morgan fingerprint density at radius 2 is 1.92 bits per heavy atom. The van der Waals surface area contributed by atoms with Gasteiger partial charge in [0.2, 0.25) is 10.0 Å². The number of aliphatic hydroxyl groups excluding tert-OH is 1. The number of aromatic nitrogens is 1. The van der Waals surface area contributed by atoms with E-state index in [0.717, 1.165) is 10.9 Å². The number of pyridine rings is 1. The molecule has 1 atom stereocenters. The zero-order valence-corrected chi connectivity index (χ0v) is 14.8. The highest BCUT2D eigenvalue weighted by molar-refractivity contribution is 7.89. The summed E-state index contributed by atoms with van der Waals surface area (Å²) in [6.45, 7) is -0.108. The van der Waals surface area contributed by atoms with Crippen LogP contribution < -0.4 is 4.74 Å². The van der Waals surface area contributed by atoms with Crippen molar-refractivity contribution >= 4 is 20.9 Å². The Morgan fingerprint density at radius 1 is 1.12 bits per heavy atom. The fourth-order valence-electron chi connectivity index (χ4n) is 3.18. The average Bonchev–Trinajstić information content (AvgIpc) is 2.87. The summed E-state index contributed by atoms with van der Waals surface area (Å²) in [4.78, 5) is 4.39. The highest BCUT2D eigenvalue weighted by atomic mass is 32.2. The summed E-state index contributed by atoms with van der Waals surface area (Å²) in [5.74, 6) is 0.639. The number of aliphatic hydroxyl groups is 1. The van der Waals surface area contributed by atoms with Crippen molar-refractivity contribution in [3.05, 3.63) is 66.4 Å². The molecular formula is C19H18N2O4S. The van der Waals surface area contributed by atoms with Gasteiger partial charge in [0.1, 0.15) is 17.3 Å². The van der Waals surface area contributed by atoms with Gasteiger partial charge in [0.25, 0.3) is 0 Å². The molecule has 1 aromatic heterocycles. The van der Waals surface area contributed by atoms with Crippen molar-refractivity contribution < 1.29 is 18.3 Å². The minimum Gasteiger partial charge on any atom is -0.491 e. The summed E-state index contributed by atoms with van der Waals surface area (Å²) in [5.41, 5.74) is 1.19. The van der Waals surface area contributed by atoms with Crippen molar-refractivity contribution in [1.29, 1.82) is 0 Å². The standard InChI is InChI=1S/C19H18N2O4S/c22-12-16-13-25-17-8-2-1-5-15(17)11-21(16)26(23,24)18-9-3-6-14-7-4-10-20-19(14)18/h1-10,16,22H,11-13H2/t16-/m1/s1. The number of hydrogen-bond donors (Lipinski definition) is 1. The third kappa shape index (κ3) is 2.84.